The van der Waals surface area contributed by atoms with Crippen LogP contribution in [0.25, 0.3) is 0 Å². The lowest BCUT2D eigenvalue weighted by Crippen LogP contribution is -2.22. The van der Waals surface area contributed by atoms with Crippen molar-refractivity contribution in [3.63, 3.8) is 0 Å². The van der Waals surface area contributed by atoms with Gasteiger partial charge in [0, 0.05) is 5.69 Å². The van der Waals surface area contributed by atoms with Crippen LogP contribution in [0.1, 0.15) is 6.42 Å². The number of benzene rings is 1. The van der Waals surface area contributed by atoms with E-state index in [-0.39, 0.29) is 11.4 Å². The standard InChI is InChI=1S/C10H9N3O6S/c11-5-1-2-8(20(17,18)19)7(3-5)13-9(14)4-6(12-13)10(15)16/h1-3H,4,11H2,(H,15,16)(H,17,18,19). The molecule has 1 aliphatic heterocycles. The van der Waals surface area contributed by atoms with Crippen molar-refractivity contribution >= 4 is 39.1 Å². The molecule has 2 rings (SSSR count). The number of hydrazone groups is 1. The first-order valence-corrected chi connectivity index (χ1v) is 6.65. The van der Waals surface area contributed by atoms with Crippen LogP contribution in [-0.4, -0.2) is 35.7 Å². The summed E-state index contributed by atoms with van der Waals surface area (Å²) in [5, 5.41) is 12.9. The second kappa shape index (κ2) is 4.58. The molecule has 1 aliphatic rings. The molecule has 0 saturated carbocycles. The minimum atomic E-state index is -4.61. The minimum absolute atomic E-state index is 0.124. The van der Waals surface area contributed by atoms with Crippen LogP contribution in [-0.2, 0) is 19.7 Å². The molecule has 106 valence electrons. The summed E-state index contributed by atoms with van der Waals surface area (Å²) in [5.41, 5.74) is 4.89. The van der Waals surface area contributed by atoms with Crippen molar-refractivity contribution in [2.24, 2.45) is 5.10 Å². The van der Waals surface area contributed by atoms with Gasteiger partial charge in [-0.15, -0.1) is 0 Å². The zero-order valence-electron chi connectivity index (χ0n) is 9.85. The molecular formula is C10H9N3O6S. The number of hydrogen-bond acceptors (Lipinski definition) is 6. The number of carboxylic acids is 1. The zero-order valence-corrected chi connectivity index (χ0v) is 10.7. The van der Waals surface area contributed by atoms with Crippen molar-refractivity contribution in [3.8, 4) is 0 Å². The van der Waals surface area contributed by atoms with Crippen LogP contribution in [0.5, 0.6) is 0 Å². The van der Waals surface area contributed by atoms with Crippen molar-refractivity contribution < 1.29 is 27.7 Å². The van der Waals surface area contributed by atoms with Crippen LogP contribution in [0.3, 0.4) is 0 Å². The van der Waals surface area contributed by atoms with Gasteiger partial charge in [-0.05, 0) is 18.2 Å². The Morgan fingerprint density at radius 3 is 2.55 bits per heavy atom. The zero-order chi connectivity index (χ0) is 15.1. The summed E-state index contributed by atoms with van der Waals surface area (Å²) >= 11 is 0. The molecule has 0 fully saturated rings. The van der Waals surface area contributed by atoms with E-state index in [2.05, 4.69) is 5.10 Å². The molecule has 0 atom stereocenters. The average Bonchev–Trinajstić information content (AvgIpc) is 2.69. The number of carbonyl (C=O) groups excluding carboxylic acids is 1. The van der Waals surface area contributed by atoms with Gasteiger partial charge in [-0.1, -0.05) is 0 Å². The lowest BCUT2D eigenvalue weighted by atomic mass is 10.2. The first-order valence-electron chi connectivity index (χ1n) is 5.21. The number of nitrogens with two attached hydrogens (primary N) is 1. The third-order valence-electron chi connectivity index (χ3n) is 2.51. The van der Waals surface area contributed by atoms with E-state index in [4.69, 9.17) is 15.4 Å². The Morgan fingerprint density at radius 1 is 1.40 bits per heavy atom. The maximum Gasteiger partial charge on any atom is 0.352 e. The number of aliphatic carboxylic acids is 1. The fourth-order valence-electron chi connectivity index (χ4n) is 1.65. The van der Waals surface area contributed by atoms with E-state index in [0.717, 1.165) is 12.1 Å². The molecule has 0 unspecified atom stereocenters. The Hall–Kier alpha value is -2.46. The normalized spacial score (nSPS) is 15.3. The predicted molar refractivity (Wildman–Crippen MR) is 67.8 cm³/mol. The second-order valence-corrected chi connectivity index (χ2v) is 5.33. The van der Waals surface area contributed by atoms with Gasteiger partial charge in [-0.3, -0.25) is 9.35 Å². The summed E-state index contributed by atoms with van der Waals surface area (Å²) in [6.45, 7) is 0. The molecule has 1 heterocycles. The number of carbonyl (C=O) groups is 2. The molecule has 0 radical (unpaired) electrons. The van der Waals surface area contributed by atoms with E-state index in [0.29, 0.717) is 5.01 Å². The summed E-state index contributed by atoms with van der Waals surface area (Å²) in [6.07, 6.45) is -0.477. The van der Waals surface area contributed by atoms with Crippen molar-refractivity contribution in [1.29, 1.82) is 0 Å². The summed E-state index contributed by atoms with van der Waals surface area (Å²) in [4.78, 5) is 21.9. The van der Waals surface area contributed by atoms with Crippen LogP contribution < -0.4 is 10.7 Å². The number of nitrogens with zero attached hydrogens (tertiary/aromatic N) is 2. The van der Waals surface area contributed by atoms with E-state index < -0.39 is 39.0 Å². The summed E-state index contributed by atoms with van der Waals surface area (Å²) in [7, 11) is -4.61. The molecule has 0 saturated heterocycles. The van der Waals surface area contributed by atoms with Crippen molar-refractivity contribution in [1.82, 2.24) is 0 Å². The van der Waals surface area contributed by atoms with Gasteiger partial charge in [0.2, 0.25) is 0 Å². The Morgan fingerprint density at radius 2 is 2.05 bits per heavy atom. The molecule has 4 N–H and O–H groups in total. The first kappa shape index (κ1) is 14.0. The van der Waals surface area contributed by atoms with E-state index in [9.17, 15) is 18.0 Å². The lowest BCUT2D eigenvalue weighted by Gasteiger charge is -2.15. The third-order valence-corrected chi connectivity index (χ3v) is 3.41. The first-order chi connectivity index (χ1) is 9.20. The smallest absolute Gasteiger partial charge is 0.352 e. The quantitative estimate of drug-likeness (QED) is 0.511. The molecule has 1 amide bonds. The molecule has 20 heavy (non-hydrogen) atoms. The SMILES string of the molecule is Nc1ccc(S(=O)(=O)O)c(N2N=C(C(=O)O)CC2=O)c1. The summed E-state index contributed by atoms with van der Waals surface area (Å²) < 4.78 is 31.6. The Bertz CT molecular complexity index is 739. The van der Waals surface area contributed by atoms with Crippen molar-refractivity contribution in [3.05, 3.63) is 18.2 Å². The van der Waals surface area contributed by atoms with Gasteiger partial charge in [0.25, 0.3) is 16.0 Å². The van der Waals surface area contributed by atoms with Gasteiger partial charge in [-0.25, -0.2) is 4.79 Å². The molecule has 1 aromatic rings. The van der Waals surface area contributed by atoms with E-state index in [1.54, 1.807) is 0 Å². The largest absolute Gasteiger partial charge is 0.477 e. The van der Waals surface area contributed by atoms with Crippen LogP contribution in [0.15, 0.2) is 28.2 Å². The monoisotopic (exact) mass is 299 g/mol. The highest BCUT2D eigenvalue weighted by molar-refractivity contribution is 7.86. The predicted octanol–water partition coefficient (Wildman–Crippen LogP) is -0.307. The molecule has 10 heteroatoms. The highest BCUT2D eigenvalue weighted by atomic mass is 32.2. The fraction of sp³-hybridized carbons (Fsp3) is 0.100. The van der Waals surface area contributed by atoms with Gasteiger partial charge in [0.15, 0.2) is 5.71 Å². The number of carboxylic acid groups (broad SMARTS) is 1. The molecule has 0 aliphatic carbocycles. The van der Waals surface area contributed by atoms with Gasteiger partial charge >= 0.3 is 5.97 Å². The second-order valence-electron chi connectivity index (χ2n) is 3.94. The van der Waals surface area contributed by atoms with Crippen LogP contribution in [0, 0.1) is 0 Å². The van der Waals surface area contributed by atoms with E-state index in [1.807, 2.05) is 0 Å². The maximum absolute atomic E-state index is 11.7. The molecule has 9 nitrogen and oxygen atoms in total. The van der Waals surface area contributed by atoms with E-state index in [1.165, 1.54) is 6.07 Å². The Labute approximate surface area is 113 Å². The van der Waals surface area contributed by atoms with Crippen LogP contribution in [0.2, 0.25) is 0 Å². The van der Waals surface area contributed by atoms with Crippen LogP contribution in [0.4, 0.5) is 11.4 Å². The number of nitrogen functional groups attached to an aromatic ring is 1. The average molecular weight is 299 g/mol. The number of hydrogen-bond donors (Lipinski definition) is 3. The molecule has 0 bridgehead atoms. The van der Waals surface area contributed by atoms with Gasteiger partial charge in [0.1, 0.15) is 4.90 Å². The number of amides is 1. The molecular weight excluding hydrogens is 290 g/mol. The van der Waals surface area contributed by atoms with Crippen molar-refractivity contribution in [2.45, 2.75) is 11.3 Å². The van der Waals surface area contributed by atoms with Gasteiger partial charge in [-0.2, -0.15) is 18.5 Å². The topological polar surface area (TPSA) is 150 Å². The Kier molecular flexibility index (Phi) is 3.19. The highest BCUT2D eigenvalue weighted by Gasteiger charge is 2.32. The maximum atomic E-state index is 11.7. The molecule has 0 spiro atoms. The molecule has 1 aromatic carbocycles. The van der Waals surface area contributed by atoms with Gasteiger partial charge < -0.3 is 10.8 Å². The summed E-state index contributed by atoms with van der Waals surface area (Å²) in [6, 6.07) is 3.33. The summed E-state index contributed by atoms with van der Waals surface area (Å²) in [5.74, 6) is -2.13. The third kappa shape index (κ3) is 2.46. The van der Waals surface area contributed by atoms with E-state index >= 15 is 0 Å². The fourth-order valence-corrected chi connectivity index (χ4v) is 2.30. The molecule has 0 aromatic heterocycles. The minimum Gasteiger partial charge on any atom is -0.477 e. The van der Waals surface area contributed by atoms with Crippen molar-refractivity contribution in [2.75, 3.05) is 10.7 Å². The number of rotatable bonds is 3. The number of anilines is 2. The van der Waals surface area contributed by atoms with Gasteiger partial charge in [0.05, 0.1) is 12.1 Å². The lowest BCUT2D eigenvalue weighted by molar-refractivity contribution is -0.129. The Balaban J connectivity index is 2.61. The highest BCUT2D eigenvalue weighted by Crippen LogP contribution is 2.30. The van der Waals surface area contributed by atoms with Crippen LogP contribution >= 0.6 is 0 Å².